The summed E-state index contributed by atoms with van der Waals surface area (Å²) in [6.45, 7) is 3.14. The van der Waals surface area contributed by atoms with Crippen LogP contribution in [0.3, 0.4) is 0 Å². The van der Waals surface area contributed by atoms with Gasteiger partial charge in [0.25, 0.3) is 0 Å². The quantitative estimate of drug-likeness (QED) is 0.805. The number of ether oxygens (including phenoxy) is 1. The second kappa shape index (κ2) is 9.93. The summed E-state index contributed by atoms with van der Waals surface area (Å²) in [5, 5.41) is 3.95. The van der Waals surface area contributed by atoms with Crippen molar-refractivity contribution in [2.75, 3.05) is 33.3 Å². The maximum absolute atomic E-state index is 12.2. The van der Waals surface area contributed by atoms with E-state index in [2.05, 4.69) is 5.32 Å². The van der Waals surface area contributed by atoms with Gasteiger partial charge in [-0.25, -0.2) is 0 Å². The van der Waals surface area contributed by atoms with E-state index in [0.717, 1.165) is 44.6 Å². The first-order valence-electron chi connectivity index (χ1n) is 7.51. The molecule has 1 atom stereocenters. The predicted octanol–water partition coefficient (Wildman–Crippen LogP) is 2.99. The lowest BCUT2D eigenvalue weighted by molar-refractivity contribution is -0.134. The van der Waals surface area contributed by atoms with Crippen LogP contribution in [0, 0.1) is 5.92 Å². The van der Waals surface area contributed by atoms with Crippen molar-refractivity contribution in [1.29, 1.82) is 0 Å². The van der Waals surface area contributed by atoms with Crippen LogP contribution in [-0.2, 0) is 4.79 Å². The Hall–Kier alpha value is -0.970. The number of benzene rings is 1. The van der Waals surface area contributed by atoms with Crippen molar-refractivity contribution in [2.24, 2.45) is 5.92 Å². The van der Waals surface area contributed by atoms with E-state index in [1.165, 1.54) is 0 Å². The molecule has 1 amide bonds. The number of nitrogens with zero attached hydrogens (tertiary/aromatic N) is 1. The summed E-state index contributed by atoms with van der Waals surface area (Å²) in [7, 11) is 1.87. The van der Waals surface area contributed by atoms with Crippen molar-refractivity contribution in [3.05, 3.63) is 29.3 Å². The molecule has 0 aliphatic carbocycles. The molecular weight excluding hydrogens is 323 g/mol. The largest absolute Gasteiger partial charge is 0.493 e. The third-order valence-electron chi connectivity index (χ3n) is 3.73. The van der Waals surface area contributed by atoms with Crippen molar-refractivity contribution in [3.63, 3.8) is 0 Å². The van der Waals surface area contributed by atoms with Crippen LogP contribution in [-0.4, -0.2) is 44.1 Å². The number of halogens is 2. The van der Waals surface area contributed by atoms with Crippen molar-refractivity contribution in [3.8, 4) is 5.75 Å². The second-order valence-electron chi connectivity index (χ2n) is 5.46. The van der Waals surface area contributed by atoms with E-state index >= 15 is 0 Å². The summed E-state index contributed by atoms with van der Waals surface area (Å²) in [6, 6.07) is 7.36. The topological polar surface area (TPSA) is 41.6 Å². The SMILES string of the molecule is CN(CCCOc1cccc(Cl)c1)C(=O)C1CCCNC1.Cl. The van der Waals surface area contributed by atoms with Gasteiger partial charge in [-0.2, -0.15) is 0 Å². The van der Waals surface area contributed by atoms with E-state index in [1.807, 2.05) is 30.1 Å². The van der Waals surface area contributed by atoms with Gasteiger partial charge in [0.1, 0.15) is 5.75 Å². The van der Waals surface area contributed by atoms with Gasteiger partial charge in [-0.15, -0.1) is 12.4 Å². The van der Waals surface area contributed by atoms with Crippen LogP contribution in [0.2, 0.25) is 5.02 Å². The van der Waals surface area contributed by atoms with E-state index in [-0.39, 0.29) is 24.2 Å². The molecule has 1 unspecified atom stereocenters. The third kappa shape index (κ3) is 6.03. The summed E-state index contributed by atoms with van der Waals surface area (Å²) >= 11 is 5.90. The molecule has 1 fully saturated rings. The first-order chi connectivity index (χ1) is 10.2. The number of rotatable bonds is 6. The van der Waals surface area contributed by atoms with Crippen molar-refractivity contribution in [2.45, 2.75) is 19.3 Å². The van der Waals surface area contributed by atoms with E-state index in [4.69, 9.17) is 16.3 Å². The molecule has 6 heteroatoms. The van der Waals surface area contributed by atoms with E-state index < -0.39 is 0 Å². The Bertz CT molecular complexity index is 465. The van der Waals surface area contributed by atoms with Gasteiger partial charge < -0.3 is 15.0 Å². The van der Waals surface area contributed by atoms with Gasteiger partial charge in [-0.1, -0.05) is 17.7 Å². The van der Waals surface area contributed by atoms with Gasteiger partial charge >= 0.3 is 0 Å². The number of piperidine rings is 1. The monoisotopic (exact) mass is 346 g/mol. The minimum absolute atomic E-state index is 0. The van der Waals surface area contributed by atoms with Crippen molar-refractivity contribution in [1.82, 2.24) is 10.2 Å². The molecule has 124 valence electrons. The van der Waals surface area contributed by atoms with Gasteiger partial charge in [0.05, 0.1) is 12.5 Å². The Kier molecular flexibility index (Phi) is 8.61. The molecule has 1 aromatic carbocycles. The molecule has 0 saturated carbocycles. The molecule has 1 aromatic rings. The zero-order valence-corrected chi connectivity index (χ0v) is 14.5. The zero-order valence-electron chi connectivity index (χ0n) is 12.9. The molecule has 0 aromatic heterocycles. The van der Waals surface area contributed by atoms with Crippen LogP contribution in [0.15, 0.2) is 24.3 Å². The van der Waals surface area contributed by atoms with Crippen LogP contribution in [0.5, 0.6) is 5.75 Å². The second-order valence-corrected chi connectivity index (χ2v) is 5.90. The fourth-order valence-corrected chi connectivity index (χ4v) is 2.71. The first-order valence-corrected chi connectivity index (χ1v) is 7.88. The molecule has 1 aliphatic heterocycles. The number of hydrogen-bond donors (Lipinski definition) is 1. The minimum Gasteiger partial charge on any atom is -0.493 e. The highest BCUT2D eigenvalue weighted by molar-refractivity contribution is 6.30. The highest BCUT2D eigenvalue weighted by Crippen LogP contribution is 2.17. The van der Waals surface area contributed by atoms with Gasteiger partial charge in [-0.3, -0.25) is 4.79 Å². The normalized spacial score (nSPS) is 17.5. The number of hydrogen-bond acceptors (Lipinski definition) is 3. The Morgan fingerprint density at radius 1 is 1.50 bits per heavy atom. The lowest BCUT2D eigenvalue weighted by Gasteiger charge is -2.27. The fourth-order valence-electron chi connectivity index (χ4n) is 2.53. The molecule has 1 aliphatic rings. The Labute approximate surface area is 143 Å². The molecule has 0 radical (unpaired) electrons. The highest BCUT2D eigenvalue weighted by atomic mass is 35.5. The molecule has 0 bridgehead atoms. The van der Waals surface area contributed by atoms with E-state index in [9.17, 15) is 4.79 Å². The van der Waals surface area contributed by atoms with Gasteiger partial charge in [0, 0.05) is 25.2 Å². The van der Waals surface area contributed by atoms with Crippen LogP contribution < -0.4 is 10.1 Å². The maximum atomic E-state index is 12.2. The Morgan fingerprint density at radius 3 is 3.00 bits per heavy atom. The molecular formula is C16H24Cl2N2O2. The van der Waals surface area contributed by atoms with E-state index in [1.54, 1.807) is 6.07 Å². The van der Waals surface area contributed by atoms with Crippen LogP contribution in [0.25, 0.3) is 0 Å². The lowest BCUT2D eigenvalue weighted by atomic mass is 9.98. The van der Waals surface area contributed by atoms with Crippen LogP contribution >= 0.6 is 24.0 Å². The summed E-state index contributed by atoms with van der Waals surface area (Å²) in [4.78, 5) is 14.1. The Balaban J connectivity index is 0.00000242. The summed E-state index contributed by atoms with van der Waals surface area (Å²) in [6.07, 6.45) is 2.90. The zero-order chi connectivity index (χ0) is 15.1. The molecule has 2 rings (SSSR count). The smallest absolute Gasteiger partial charge is 0.226 e. The minimum atomic E-state index is 0. The predicted molar refractivity (Wildman–Crippen MR) is 92.0 cm³/mol. The molecule has 1 saturated heterocycles. The maximum Gasteiger partial charge on any atom is 0.226 e. The number of carbonyl (C=O) groups excluding carboxylic acids is 1. The number of nitrogens with one attached hydrogen (secondary N) is 1. The van der Waals surface area contributed by atoms with Gasteiger partial charge in [0.2, 0.25) is 5.91 Å². The molecule has 22 heavy (non-hydrogen) atoms. The van der Waals surface area contributed by atoms with E-state index in [0.29, 0.717) is 11.6 Å². The molecule has 1 heterocycles. The van der Waals surface area contributed by atoms with Crippen molar-refractivity contribution < 1.29 is 9.53 Å². The molecule has 1 N–H and O–H groups in total. The Morgan fingerprint density at radius 2 is 2.32 bits per heavy atom. The summed E-state index contributed by atoms with van der Waals surface area (Å²) in [5.74, 6) is 1.15. The molecule has 0 spiro atoms. The van der Waals surface area contributed by atoms with Crippen LogP contribution in [0.1, 0.15) is 19.3 Å². The third-order valence-corrected chi connectivity index (χ3v) is 3.96. The molecule has 4 nitrogen and oxygen atoms in total. The first kappa shape index (κ1) is 19.1. The van der Waals surface area contributed by atoms with Gasteiger partial charge in [0.15, 0.2) is 0 Å². The van der Waals surface area contributed by atoms with Crippen molar-refractivity contribution >= 4 is 29.9 Å². The van der Waals surface area contributed by atoms with Crippen LogP contribution in [0.4, 0.5) is 0 Å². The summed E-state index contributed by atoms with van der Waals surface area (Å²) < 4.78 is 5.63. The fraction of sp³-hybridized carbons (Fsp3) is 0.562. The highest BCUT2D eigenvalue weighted by Gasteiger charge is 2.23. The standard InChI is InChI=1S/C16H23ClN2O2.ClH/c1-19(16(20)13-5-3-8-18-12-13)9-4-10-21-15-7-2-6-14(17)11-15;/h2,6-7,11,13,18H,3-5,8-10,12H2,1H3;1H. The lowest BCUT2D eigenvalue weighted by Crippen LogP contribution is -2.41. The number of carbonyl (C=O) groups is 1. The summed E-state index contributed by atoms with van der Waals surface area (Å²) in [5.41, 5.74) is 0. The average molecular weight is 347 g/mol. The average Bonchev–Trinajstić information content (AvgIpc) is 2.51. The van der Waals surface area contributed by atoms with Gasteiger partial charge in [-0.05, 0) is 44.0 Å². The number of amides is 1.